The molecule has 1 aliphatic carbocycles. The Morgan fingerprint density at radius 3 is 2.23 bits per heavy atom. The summed E-state index contributed by atoms with van der Waals surface area (Å²) >= 11 is 0. The number of carbonyl (C=O) groups is 3. The number of carbonyl (C=O) groups excluding carboxylic acids is 2. The lowest BCUT2D eigenvalue weighted by molar-refractivity contribution is -0.125. The molecule has 6 heteroatoms. The van der Waals surface area contributed by atoms with Crippen LogP contribution in [0.4, 0.5) is 4.79 Å². The van der Waals surface area contributed by atoms with Crippen molar-refractivity contribution in [3.63, 3.8) is 0 Å². The van der Waals surface area contributed by atoms with Crippen molar-refractivity contribution in [3.05, 3.63) is 24.3 Å². The molecule has 3 N–H and O–H groups in total. The number of amides is 2. The first-order valence-corrected chi connectivity index (χ1v) is 9.28. The van der Waals surface area contributed by atoms with Gasteiger partial charge >= 0.3 is 6.09 Å². The molecule has 2 amide bonds. The Morgan fingerprint density at radius 1 is 1.12 bits per heavy atom. The molecule has 0 aromatic carbocycles. The Morgan fingerprint density at radius 2 is 1.77 bits per heavy atom. The van der Waals surface area contributed by atoms with Crippen LogP contribution in [0, 0.1) is 17.3 Å². The number of carboxylic acid groups (broad SMARTS) is 1. The Bertz CT molecular complexity index is 554. The molecule has 0 heterocycles. The van der Waals surface area contributed by atoms with E-state index in [9.17, 15) is 14.4 Å². The van der Waals surface area contributed by atoms with Gasteiger partial charge < -0.3 is 20.5 Å². The topological polar surface area (TPSA) is 95.5 Å². The fraction of sp³-hybridized carbons (Fsp3) is 0.650. The Kier molecular flexibility index (Phi) is 8.55. The first-order valence-electron chi connectivity index (χ1n) is 9.28. The van der Waals surface area contributed by atoms with Gasteiger partial charge in [0.15, 0.2) is 0 Å². The quantitative estimate of drug-likeness (QED) is 0.518. The number of allylic oxidation sites excluding steroid dienone is 4. The second-order valence-electron chi connectivity index (χ2n) is 8.01. The molecule has 0 saturated carbocycles. The van der Waals surface area contributed by atoms with Gasteiger partial charge in [-0.2, -0.15) is 0 Å². The molecule has 0 radical (unpaired) electrons. The molecular formula is C20H32N2O4. The van der Waals surface area contributed by atoms with E-state index in [-0.39, 0.29) is 17.9 Å². The third-order valence-electron chi connectivity index (χ3n) is 4.46. The highest BCUT2D eigenvalue weighted by Crippen LogP contribution is 2.32. The van der Waals surface area contributed by atoms with E-state index in [0.29, 0.717) is 25.2 Å². The van der Waals surface area contributed by atoms with E-state index in [1.807, 2.05) is 38.2 Å². The normalized spacial score (nSPS) is 21.5. The van der Waals surface area contributed by atoms with E-state index < -0.39 is 17.6 Å². The minimum Gasteiger partial charge on any atom is -0.465 e. The van der Waals surface area contributed by atoms with Gasteiger partial charge in [0.1, 0.15) is 12.3 Å². The van der Waals surface area contributed by atoms with Gasteiger partial charge in [-0.1, -0.05) is 52.0 Å². The van der Waals surface area contributed by atoms with Gasteiger partial charge in [-0.25, -0.2) is 4.79 Å². The van der Waals surface area contributed by atoms with Gasteiger partial charge in [-0.3, -0.25) is 4.79 Å². The van der Waals surface area contributed by atoms with E-state index in [0.717, 1.165) is 12.7 Å². The first-order chi connectivity index (χ1) is 12.2. The van der Waals surface area contributed by atoms with Crippen LogP contribution >= 0.6 is 0 Å². The van der Waals surface area contributed by atoms with Crippen molar-refractivity contribution in [1.82, 2.24) is 10.6 Å². The van der Waals surface area contributed by atoms with Crippen LogP contribution in [0.25, 0.3) is 0 Å². The molecule has 0 fully saturated rings. The monoisotopic (exact) mass is 364 g/mol. The Balaban J connectivity index is 2.88. The molecule has 1 rings (SSSR count). The van der Waals surface area contributed by atoms with E-state index >= 15 is 0 Å². The number of hydrogen-bond acceptors (Lipinski definition) is 3. The first kappa shape index (κ1) is 21.9. The van der Waals surface area contributed by atoms with Gasteiger partial charge in [0, 0.05) is 11.5 Å². The van der Waals surface area contributed by atoms with Crippen molar-refractivity contribution < 1.29 is 19.5 Å². The average molecular weight is 364 g/mol. The lowest BCUT2D eigenvalue weighted by Crippen LogP contribution is -2.51. The van der Waals surface area contributed by atoms with Crippen LogP contribution in [0.15, 0.2) is 24.3 Å². The predicted molar refractivity (Wildman–Crippen MR) is 102 cm³/mol. The molecule has 0 spiro atoms. The maximum Gasteiger partial charge on any atom is 0.405 e. The maximum atomic E-state index is 12.7. The lowest BCUT2D eigenvalue weighted by Gasteiger charge is -2.32. The van der Waals surface area contributed by atoms with Crippen LogP contribution in [0.5, 0.6) is 0 Å². The lowest BCUT2D eigenvalue weighted by atomic mass is 9.76. The average Bonchev–Trinajstić information content (AvgIpc) is 2.53. The van der Waals surface area contributed by atoms with Crippen LogP contribution in [0.3, 0.4) is 0 Å². The summed E-state index contributed by atoms with van der Waals surface area (Å²) in [5, 5.41) is 14.3. The zero-order valence-electron chi connectivity index (χ0n) is 16.2. The van der Waals surface area contributed by atoms with Crippen molar-refractivity contribution in [2.75, 3.05) is 0 Å². The van der Waals surface area contributed by atoms with Crippen LogP contribution in [0.1, 0.15) is 53.4 Å². The van der Waals surface area contributed by atoms with E-state index in [2.05, 4.69) is 24.5 Å². The Labute approximate surface area is 156 Å². The second-order valence-corrected chi connectivity index (χ2v) is 8.01. The van der Waals surface area contributed by atoms with Gasteiger partial charge in [0.05, 0.1) is 0 Å². The molecule has 0 aliphatic heterocycles. The zero-order chi connectivity index (χ0) is 19.7. The van der Waals surface area contributed by atoms with Gasteiger partial charge in [-0.05, 0) is 37.5 Å². The minimum atomic E-state index is -1.21. The van der Waals surface area contributed by atoms with E-state index in [4.69, 9.17) is 5.11 Å². The largest absolute Gasteiger partial charge is 0.465 e. The van der Waals surface area contributed by atoms with Gasteiger partial charge in [-0.15, -0.1) is 0 Å². The summed E-state index contributed by atoms with van der Waals surface area (Å²) < 4.78 is 0. The third kappa shape index (κ3) is 7.42. The molecule has 3 atom stereocenters. The van der Waals surface area contributed by atoms with Crippen molar-refractivity contribution in [3.8, 4) is 0 Å². The van der Waals surface area contributed by atoms with Crippen molar-refractivity contribution >= 4 is 18.3 Å². The number of nitrogens with one attached hydrogen (secondary N) is 2. The smallest absolute Gasteiger partial charge is 0.405 e. The molecule has 26 heavy (non-hydrogen) atoms. The maximum absolute atomic E-state index is 12.7. The fourth-order valence-electron chi connectivity index (χ4n) is 3.34. The van der Waals surface area contributed by atoms with Gasteiger partial charge in [0.25, 0.3) is 0 Å². The molecule has 1 unspecified atom stereocenters. The van der Waals surface area contributed by atoms with Crippen LogP contribution in [0.2, 0.25) is 0 Å². The van der Waals surface area contributed by atoms with Crippen molar-refractivity contribution in [2.24, 2.45) is 17.3 Å². The van der Waals surface area contributed by atoms with E-state index in [1.54, 1.807) is 0 Å². The summed E-state index contributed by atoms with van der Waals surface area (Å²) in [6.45, 7) is 8.00. The molecule has 146 valence electrons. The number of hydrogen-bond donors (Lipinski definition) is 3. The van der Waals surface area contributed by atoms with Crippen molar-refractivity contribution in [2.45, 2.75) is 65.5 Å². The highest BCUT2D eigenvalue weighted by atomic mass is 16.4. The van der Waals surface area contributed by atoms with Crippen LogP contribution in [-0.2, 0) is 9.59 Å². The number of rotatable bonds is 10. The summed E-state index contributed by atoms with van der Waals surface area (Å²) in [7, 11) is 0. The molecule has 1 aliphatic rings. The zero-order valence-corrected chi connectivity index (χ0v) is 16.2. The molecule has 0 aromatic heterocycles. The summed E-state index contributed by atoms with van der Waals surface area (Å²) in [6.07, 6.45) is 9.62. The summed E-state index contributed by atoms with van der Waals surface area (Å²) in [5.41, 5.74) is -0.616. The Hall–Kier alpha value is -2.11. The molecular weight excluding hydrogens is 332 g/mol. The van der Waals surface area contributed by atoms with Crippen molar-refractivity contribution in [1.29, 1.82) is 0 Å². The SMILES string of the molecule is CC(C)C[C@@H](CC1(C=O)C=CC=CC1)NC(=O)[C@H](CC(C)C)NC(=O)O. The molecule has 6 nitrogen and oxygen atoms in total. The third-order valence-corrected chi connectivity index (χ3v) is 4.46. The standard InChI is InChI=1S/C20H32N2O4/c1-14(2)10-16(12-20(13-23)8-6-5-7-9-20)21-18(24)17(11-15(3)4)22-19(25)26/h5-8,13-17,22H,9-12H2,1-4H3,(H,21,24)(H,25,26)/t16-,17-,20?/m0/s1. The number of aldehydes is 1. The highest BCUT2D eigenvalue weighted by molar-refractivity contribution is 5.85. The summed E-state index contributed by atoms with van der Waals surface area (Å²) in [5.74, 6) is 0.181. The van der Waals surface area contributed by atoms with E-state index in [1.165, 1.54) is 0 Å². The minimum absolute atomic E-state index is 0.175. The molecule has 0 bridgehead atoms. The van der Waals surface area contributed by atoms with Crippen LogP contribution in [-0.4, -0.2) is 35.5 Å². The highest BCUT2D eigenvalue weighted by Gasteiger charge is 2.32. The predicted octanol–water partition coefficient (Wildman–Crippen LogP) is 3.29. The molecule has 0 aromatic rings. The second kappa shape index (κ2) is 10.1. The van der Waals surface area contributed by atoms with Gasteiger partial charge in [0.2, 0.25) is 5.91 Å². The fourth-order valence-corrected chi connectivity index (χ4v) is 3.34. The molecule has 0 saturated heterocycles. The summed E-state index contributed by atoms with van der Waals surface area (Å²) in [4.78, 5) is 35.4. The van der Waals surface area contributed by atoms with Crippen LogP contribution < -0.4 is 10.6 Å². The summed E-state index contributed by atoms with van der Waals surface area (Å²) in [6, 6.07) is -0.995.